The minimum atomic E-state index is -0.343. The Morgan fingerprint density at radius 1 is 1.27 bits per heavy atom. The Morgan fingerprint density at radius 2 is 1.93 bits per heavy atom. The van der Waals surface area contributed by atoms with Crippen molar-refractivity contribution in [3.8, 4) is 0 Å². The van der Waals surface area contributed by atoms with Gasteiger partial charge >= 0.3 is 0 Å². The lowest BCUT2D eigenvalue weighted by atomic mass is 9.96. The minimum Gasteiger partial charge on any atom is -0.370 e. The average Bonchev–Trinajstić information content (AvgIpc) is 2.18. The number of aliphatic imine (C=N–C) groups is 1. The molecule has 0 saturated heterocycles. The van der Waals surface area contributed by atoms with Crippen molar-refractivity contribution in [1.82, 2.24) is 5.32 Å². The van der Waals surface area contributed by atoms with E-state index in [0.29, 0.717) is 18.5 Å². The van der Waals surface area contributed by atoms with E-state index in [-0.39, 0.29) is 12.3 Å². The van der Waals surface area contributed by atoms with Crippen molar-refractivity contribution in [3.63, 3.8) is 0 Å². The SMILES string of the molecule is NC(=O)CCN=C(N)NC1CCCCC1. The van der Waals surface area contributed by atoms with E-state index in [4.69, 9.17) is 11.5 Å². The number of carbonyl (C=O) groups excluding carboxylic acids is 1. The molecule has 1 aliphatic rings. The molecule has 0 atom stereocenters. The van der Waals surface area contributed by atoms with Gasteiger partial charge < -0.3 is 16.8 Å². The Hall–Kier alpha value is -1.26. The fraction of sp³-hybridized carbons (Fsp3) is 0.800. The molecule has 0 radical (unpaired) electrons. The maximum atomic E-state index is 10.5. The van der Waals surface area contributed by atoms with E-state index in [1.54, 1.807) is 0 Å². The molecule has 86 valence electrons. The van der Waals surface area contributed by atoms with Gasteiger partial charge in [0.1, 0.15) is 0 Å². The second kappa shape index (κ2) is 6.27. The predicted octanol–water partition coefficient (Wildman–Crippen LogP) is 0.0988. The van der Waals surface area contributed by atoms with Crippen molar-refractivity contribution in [2.45, 2.75) is 44.6 Å². The molecule has 0 heterocycles. The monoisotopic (exact) mass is 212 g/mol. The van der Waals surface area contributed by atoms with Crippen LogP contribution >= 0.6 is 0 Å². The van der Waals surface area contributed by atoms with Crippen LogP contribution in [-0.2, 0) is 4.79 Å². The van der Waals surface area contributed by atoms with Crippen molar-refractivity contribution in [2.75, 3.05) is 6.54 Å². The fourth-order valence-electron chi connectivity index (χ4n) is 1.79. The smallest absolute Gasteiger partial charge is 0.219 e. The predicted molar refractivity (Wildman–Crippen MR) is 60.3 cm³/mol. The number of nitrogens with two attached hydrogens (primary N) is 2. The van der Waals surface area contributed by atoms with Crippen LogP contribution in [0.1, 0.15) is 38.5 Å². The highest BCUT2D eigenvalue weighted by atomic mass is 16.1. The van der Waals surface area contributed by atoms with Crippen LogP contribution in [-0.4, -0.2) is 24.5 Å². The van der Waals surface area contributed by atoms with Gasteiger partial charge in [0.15, 0.2) is 5.96 Å². The minimum absolute atomic E-state index is 0.257. The zero-order chi connectivity index (χ0) is 11.1. The molecule has 5 nitrogen and oxygen atoms in total. The van der Waals surface area contributed by atoms with Crippen molar-refractivity contribution in [1.29, 1.82) is 0 Å². The Kier molecular flexibility index (Phi) is 4.93. The molecule has 1 fully saturated rings. The van der Waals surface area contributed by atoms with Crippen molar-refractivity contribution < 1.29 is 4.79 Å². The fourth-order valence-corrected chi connectivity index (χ4v) is 1.79. The molecule has 5 heteroatoms. The lowest BCUT2D eigenvalue weighted by Crippen LogP contribution is -2.41. The van der Waals surface area contributed by atoms with Crippen LogP contribution in [0.15, 0.2) is 4.99 Å². The molecule has 1 amide bonds. The summed E-state index contributed by atoms with van der Waals surface area (Å²) in [5.74, 6) is 0.0902. The molecule has 1 aliphatic carbocycles. The molecular formula is C10H20N4O. The summed E-state index contributed by atoms with van der Waals surface area (Å²) in [5, 5.41) is 3.17. The van der Waals surface area contributed by atoms with Gasteiger partial charge in [0.05, 0.1) is 6.54 Å². The van der Waals surface area contributed by atoms with Crippen molar-refractivity contribution >= 4 is 11.9 Å². The van der Waals surface area contributed by atoms with Gasteiger partial charge in [-0.2, -0.15) is 0 Å². The molecule has 1 saturated carbocycles. The molecule has 5 N–H and O–H groups in total. The van der Waals surface area contributed by atoms with Crippen LogP contribution in [0.4, 0.5) is 0 Å². The molecule has 1 rings (SSSR count). The molecule has 0 bridgehead atoms. The van der Waals surface area contributed by atoms with Gasteiger partial charge in [-0.25, -0.2) is 0 Å². The highest BCUT2D eigenvalue weighted by Gasteiger charge is 2.12. The highest BCUT2D eigenvalue weighted by Crippen LogP contribution is 2.16. The number of carbonyl (C=O) groups is 1. The van der Waals surface area contributed by atoms with Gasteiger partial charge in [0, 0.05) is 12.5 Å². The van der Waals surface area contributed by atoms with E-state index in [9.17, 15) is 4.79 Å². The van der Waals surface area contributed by atoms with Crippen molar-refractivity contribution in [2.24, 2.45) is 16.5 Å². The third-order valence-corrected chi connectivity index (χ3v) is 2.60. The summed E-state index contributed by atoms with van der Waals surface area (Å²) in [6.07, 6.45) is 6.40. The molecular weight excluding hydrogens is 192 g/mol. The molecule has 0 spiro atoms. The van der Waals surface area contributed by atoms with E-state index in [1.165, 1.54) is 19.3 Å². The summed E-state index contributed by atoms with van der Waals surface area (Å²) in [6.45, 7) is 0.376. The second-order valence-electron chi connectivity index (χ2n) is 3.96. The quantitative estimate of drug-likeness (QED) is 0.455. The van der Waals surface area contributed by atoms with Gasteiger partial charge in [-0.3, -0.25) is 9.79 Å². The van der Waals surface area contributed by atoms with E-state index in [2.05, 4.69) is 10.3 Å². The largest absolute Gasteiger partial charge is 0.370 e. The van der Waals surface area contributed by atoms with Gasteiger partial charge in [0.2, 0.25) is 5.91 Å². The number of hydrogen-bond donors (Lipinski definition) is 3. The summed E-state index contributed by atoms with van der Waals surface area (Å²) in [5.41, 5.74) is 10.7. The van der Waals surface area contributed by atoms with E-state index < -0.39 is 0 Å². The Morgan fingerprint density at radius 3 is 2.53 bits per heavy atom. The maximum absolute atomic E-state index is 10.5. The van der Waals surface area contributed by atoms with Gasteiger partial charge in [-0.1, -0.05) is 19.3 Å². The van der Waals surface area contributed by atoms with Gasteiger partial charge in [0.25, 0.3) is 0 Å². The van der Waals surface area contributed by atoms with Crippen LogP contribution in [0.3, 0.4) is 0 Å². The standard InChI is InChI=1S/C10H20N4O/c11-9(15)6-7-13-10(12)14-8-4-2-1-3-5-8/h8H,1-7H2,(H2,11,15)(H3,12,13,14). The first-order valence-electron chi connectivity index (χ1n) is 5.53. The number of primary amides is 1. The number of hydrogen-bond acceptors (Lipinski definition) is 2. The molecule has 0 unspecified atom stereocenters. The Bertz CT molecular complexity index is 234. The average molecular weight is 212 g/mol. The Labute approximate surface area is 90.3 Å². The summed E-state index contributed by atoms with van der Waals surface area (Å²) in [6, 6.07) is 0.455. The normalized spacial score (nSPS) is 18.8. The number of rotatable bonds is 4. The van der Waals surface area contributed by atoms with Crippen LogP contribution < -0.4 is 16.8 Å². The summed E-state index contributed by atoms with van der Waals surface area (Å²) < 4.78 is 0. The Balaban J connectivity index is 2.20. The summed E-state index contributed by atoms with van der Waals surface area (Å²) in [7, 11) is 0. The molecule has 0 aromatic heterocycles. The van der Waals surface area contributed by atoms with Crippen LogP contribution in [0.5, 0.6) is 0 Å². The van der Waals surface area contributed by atoms with E-state index in [1.807, 2.05) is 0 Å². The summed E-state index contributed by atoms with van der Waals surface area (Å²) >= 11 is 0. The highest BCUT2D eigenvalue weighted by molar-refractivity contribution is 5.79. The number of amides is 1. The van der Waals surface area contributed by atoms with Crippen LogP contribution in [0, 0.1) is 0 Å². The number of nitrogens with zero attached hydrogens (tertiary/aromatic N) is 1. The topological polar surface area (TPSA) is 93.5 Å². The van der Waals surface area contributed by atoms with Crippen LogP contribution in [0.2, 0.25) is 0 Å². The number of guanidine groups is 1. The maximum Gasteiger partial charge on any atom is 0.219 e. The third kappa shape index (κ3) is 5.24. The zero-order valence-corrected chi connectivity index (χ0v) is 9.04. The molecule has 0 aromatic rings. The molecule has 0 aliphatic heterocycles. The lowest BCUT2D eigenvalue weighted by molar-refractivity contribution is -0.117. The van der Waals surface area contributed by atoms with Gasteiger partial charge in [-0.15, -0.1) is 0 Å². The first-order chi connectivity index (χ1) is 7.18. The first-order valence-corrected chi connectivity index (χ1v) is 5.53. The molecule has 15 heavy (non-hydrogen) atoms. The first kappa shape index (κ1) is 11.8. The van der Waals surface area contributed by atoms with Crippen LogP contribution in [0.25, 0.3) is 0 Å². The third-order valence-electron chi connectivity index (χ3n) is 2.60. The second-order valence-corrected chi connectivity index (χ2v) is 3.96. The van der Waals surface area contributed by atoms with E-state index >= 15 is 0 Å². The van der Waals surface area contributed by atoms with Crippen molar-refractivity contribution in [3.05, 3.63) is 0 Å². The summed E-state index contributed by atoms with van der Waals surface area (Å²) in [4.78, 5) is 14.5. The zero-order valence-electron chi connectivity index (χ0n) is 9.04. The van der Waals surface area contributed by atoms with E-state index in [0.717, 1.165) is 12.8 Å². The van der Waals surface area contributed by atoms with Gasteiger partial charge in [-0.05, 0) is 12.8 Å². The molecule has 0 aromatic carbocycles. The lowest BCUT2D eigenvalue weighted by Gasteiger charge is -2.23. The number of nitrogens with one attached hydrogen (secondary N) is 1.